The molecule has 12 heteroatoms. The van der Waals surface area contributed by atoms with Crippen LogP contribution in [0.4, 0.5) is 11.4 Å². The highest BCUT2D eigenvalue weighted by molar-refractivity contribution is 7.80. The number of amides is 2. The zero-order chi connectivity index (χ0) is 34.1. The van der Waals surface area contributed by atoms with Gasteiger partial charge in [0.2, 0.25) is 0 Å². The van der Waals surface area contributed by atoms with Gasteiger partial charge < -0.3 is 20.1 Å². The lowest BCUT2D eigenvalue weighted by Gasteiger charge is -2.16. The molecule has 0 saturated carbocycles. The van der Waals surface area contributed by atoms with Gasteiger partial charge in [0.1, 0.15) is 11.5 Å². The summed E-state index contributed by atoms with van der Waals surface area (Å²) in [7, 11) is 0. The highest BCUT2D eigenvalue weighted by atomic mass is 32.1. The van der Waals surface area contributed by atoms with Crippen LogP contribution in [0.25, 0.3) is 11.1 Å². The molecule has 2 amide bonds. The smallest absolute Gasteiger partial charge is 0.276 e. The molecule has 0 radical (unpaired) electrons. The third-order valence-electron chi connectivity index (χ3n) is 6.91. The Morgan fingerprint density at radius 3 is 1.21 bits per heavy atom. The first-order valence-corrected chi connectivity index (χ1v) is 16.2. The monoisotopic (exact) mass is 682 g/mol. The zero-order valence-electron chi connectivity index (χ0n) is 26.7. The number of anilines is 2. The molecule has 0 fully saturated rings. The number of para-hydroxylation sites is 2. The van der Waals surface area contributed by atoms with Crippen molar-refractivity contribution in [2.75, 3.05) is 23.8 Å². The summed E-state index contributed by atoms with van der Waals surface area (Å²) in [4.78, 5) is 24.5. The highest BCUT2D eigenvalue weighted by Crippen LogP contribution is 2.33. The third-order valence-corrected chi connectivity index (χ3v) is 7.32. The van der Waals surface area contributed by atoms with Crippen molar-refractivity contribution in [2.45, 2.75) is 26.7 Å². The largest absolute Gasteiger partial charge is 0.484 e. The van der Waals surface area contributed by atoms with Gasteiger partial charge in [-0.15, -0.1) is 0 Å². The van der Waals surface area contributed by atoms with E-state index < -0.39 is 0 Å². The van der Waals surface area contributed by atoms with E-state index >= 15 is 0 Å². The first kappa shape index (κ1) is 35.4. The number of carbonyl (C=O) groups is 2. The maximum absolute atomic E-state index is 12.3. The Bertz CT molecular complexity index is 1570. The van der Waals surface area contributed by atoms with Crippen molar-refractivity contribution < 1.29 is 19.1 Å². The molecule has 0 spiro atoms. The Morgan fingerprint density at radius 1 is 0.521 bits per heavy atom. The van der Waals surface area contributed by atoms with Gasteiger partial charge >= 0.3 is 0 Å². The zero-order valence-corrected chi connectivity index (χ0v) is 28.3. The van der Waals surface area contributed by atoms with Crippen molar-refractivity contribution >= 4 is 69.0 Å². The van der Waals surface area contributed by atoms with E-state index in [-0.39, 0.29) is 35.3 Å². The summed E-state index contributed by atoms with van der Waals surface area (Å²) in [6, 6.07) is 34.2. The third kappa shape index (κ3) is 11.4. The van der Waals surface area contributed by atoms with Crippen LogP contribution in [-0.2, 0) is 9.59 Å². The molecule has 0 aromatic heterocycles. The standard InChI is InChI=1S/C36H38N6O4S2/c1-3-31(25-15-19-29(20-16-25)45-23-33(43)39-41-35(47)37-27-11-7-5-8-12-27)32(4-2)26-17-21-30(22-18-26)46-24-34(44)40-42-36(48)38-28-13-9-6-10-14-28/h5-22H,3-4,23-24H2,1-2H3,(H,39,43)(H,40,44)(H2,37,41,47)(H2,38,42,48). The Morgan fingerprint density at radius 2 is 0.875 bits per heavy atom. The van der Waals surface area contributed by atoms with Crippen LogP contribution >= 0.6 is 24.4 Å². The summed E-state index contributed by atoms with van der Waals surface area (Å²) < 4.78 is 11.3. The van der Waals surface area contributed by atoms with E-state index in [1.165, 1.54) is 11.1 Å². The summed E-state index contributed by atoms with van der Waals surface area (Å²) in [5, 5.41) is 6.48. The van der Waals surface area contributed by atoms with Gasteiger partial charge in [-0.2, -0.15) is 0 Å². The fourth-order valence-electron chi connectivity index (χ4n) is 4.68. The number of nitrogens with one attached hydrogen (secondary N) is 6. The van der Waals surface area contributed by atoms with Gasteiger partial charge in [-0.3, -0.25) is 31.3 Å². The number of ether oxygens (including phenoxy) is 2. The fourth-order valence-corrected chi connectivity index (χ4v) is 5.02. The van der Waals surface area contributed by atoms with Crippen molar-refractivity contribution in [1.29, 1.82) is 0 Å². The van der Waals surface area contributed by atoms with Crippen LogP contribution in [0.2, 0.25) is 0 Å². The lowest BCUT2D eigenvalue weighted by atomic mass is 9.91. The minimum Gasteiger partial charge on any atom is -0.484 e. The Hall–Kier alpha value is -5.46. The number of benzene rings is 4. The number of carbonyl (C=O) groups excluding carboxylic acids is 2. The molecule has 0 atom stereocenters. The second-order valence-corrected chi connectivity index (χ2v) is 11.1. The van der Waals surface area contributed by atoms with E-state index in [0.29, 0.717) is 11.5 Å². The molecule has 4 aromatic carbocycles. The van der Waals surface area contributed by atoms with Gasteiger partial charge in [0, 0.05) is 11.4 Å². The van der Waals surface area contributed by atoms with Crippen LogP contribution in [-0.4, -0.2) is 35.3 Å². The number of thiocarbonyl (C=S) groups is 2. The van der Waals surface area contributed by atoms with Crippen LogP contribution in [0.3, 0.4) is 0 Å². The number of allylic oxidation sites excluding steroid dienone is 2. The molecule has 0 bridgehead atoms. The van der Waals surface area contributed by atoms with Crippen molar-refractivity contribution in [3.63, 3.8) is 0 Å². The summed E-state index contributed by atoms with van der Waals surface area (Å²) in [5.74, 6) is 0.400. The SMILES string of the molecule is CCC(=C(CC)c1ccc(OCC(=O)NNC(=S)Nc2ccccc2)cc1)c1ccc(OCC(=O)NNC(=S)Nc2ccccc2)cc1. The Labute approximate surface area is 291 Å². The number of hydrogen-bond donors (Lipinski definition) is 6. The number of hydrogen-bond acceptors (Lipinski definition) is 6. The molecule has 0 aliphatic rings. The number of hydrazine groups is 2. The lowest BCUT2D eigenvalue weighted by molar-refractivity contribution is -0.124. The van der Waals surface area contributed by atoms with E-state index in [2.05, 4.69) is 46.2 Å². The second-order valence-electron chi connectivity index (χ2n) is 10.3. The Balaban J connectivity index is 1.25. The van der Waals surface area contributed by atoms with E-state index in [0.717, 1.165) is 35.3 Å². The molecule has 0 unspecified atom stereocenters. The van der Waals surface area contributed by atoms with Gasteiger partial charge in [0.25, 0.3) is 11.8 Å². The fraction of sp³-hybridized carbons (Fsp3) is 0.167. The van der Waals surface area contributed by atoms with E-state index in [9.17, 15) is 9.59 Å². The van der Waals surface area contributed by atoms with Crippen LogP contribution in [0.15, 0.2) is 109 Å². The molecule has 4 rings (SSSR count). The predicted molar refractivity (Wildman–Crippen MR) is 199 cm³/mol. The minimum atomic E-state index is -0.372. The van der Waals surface area contributed by atoms with Gasteiger partial charge in [-0.05, 0) is 108 Å². The number of rotatable bonds is 12. The average molecular weight is 683 g/mol. The Kier molecular flexibility index (Phi) is 13.7. The average Bonchev–Trinajstić information content (AvgIpc) is 3.12. The van der Waals surface area contributed by atoms with Crippen LogP contribution in [0.5, 0.6) is 11.5 Å². The molecule has 4 aromatic rings. The molecular weight excluding hydrogens is 645 g/mol. The van der Waals surface area contributed by atoms with Gasteiger partial charge in [-0.1, -0.05) is 74.5 Å². The molecule has 0 aliphatic carbocycles. The summed E-state index contributed by atoms with van der Waals surface area (Å²) in [6.07, 6.45) is 1.64. The molecule has 248 valence electrons. The van der Waals surface area contributed by atoms with Crippen molar-refractivity contribution in [2.24, 2.45) is 0 Å². The van der Waals surface area contributed by atoms with Gasteiger partial charge in [0.15, 0.2) is 23.4 Å². The lowest BCUT2D eigenvalue weighted by Crippen LogP contribution is -2.45. The molecule has 0 saturated heterocycles. The summed E-state index contributed by atoms with van der Waals surface area (Å²) in [6.45, 7) is 3.88. The topological polar surface area (TPSA) is 125 Å². The molecule has 0 heterocycles. The molecule has 48 heavy (non-hydrogen) atoms. The second kappa shape index (κ2) is 18.6. The van der Waals surface area contributed by atoms with E-state index in [1.54, 1.807) is 0 Å². The molecule has 6 N–H and O–H groups in total. The van der Waals surface area contributed by atoms with E-state index in [4.69, 9.17) is 33.9 Å². The molecule has 0 aliphatic heterocycles. The van der Waals surface area contributed by atoms with Crippen LogP contribution in [0.1, 0.15) is 37.8 Å². The van der Waals surface area contributed by atoms with Crippen LogP contribution < -0.4 is 41.8 Å². The van der Waals surface area contributed by atoms with Crippen molar-refractivity contribution in [3.8, 4) is 11.5 Å². The summed E-state index contributed by atoms with van der Waals surface area (Å²) in [5.41, 5.74) is 16.5. The quantitative estimate of drug-likeness (QED) is 0.0584. The predicted octanol–water partition coefficient (Wildman–Crippen LogP) is 6.21. The maximum atomic E-state index is 12.3. The summed E-state index contributed by atoms with van der Waals surface area (Å²) >= 11 is 10.4. The van der Waals surface area contributed by atoms with Crippen molar-refractivity contribution in [1.82, 2.24) is 21.7 Å². The van der Waals surface area contributed by atoms with Crippen molar-refractivity contribution in [3.05, 3.63) is 120 Å². The molecule has 10 nitrogen and oxygen atoms in total. The first-order chi connectivity index (χ1) is 23.3. The highest BCUT2D eigenvalue weighted by Gasteiger charge is 2.11. The van der Waals surface area contributed by atoms with Gasteiger partial charge in [0.05, 0.1) is 0 Å². The minimum absolute atomic E-state index is 0.178. The first-order valence-electron chi connectivity index (χ1n) is 15.3. The van der Waals surface area contributed by atoms with Crippen LogP contribution in [0, 0.1) is 0 Å². The van der Waals surface area contributed by atoms with Gasteiger partial charge in [-0.25, -0.2) is 0 Å². The molecular formula is C36H38N6O4S2. The normalized spacial score (nSPS) is 10.9. The maximum Gasteiger partial charge on any atom is 0.276 e. The van der Waals surface area contributed by atoms with E-state index in [1.807, 2.05) is 109 Å².